The fourth-order valence-electron chi connectivity index (χ4n) is 3.76. The van der Waals surface area contributed by atoms with E-state index in [-0.39, 0.29) is 18.3 Å². The van der Waals surface area contributed by atoms with Crippen LogP contribution in [0.25, 0.3) is 0 Å². The summed E-state index contributed by atoms with van der Waals surface area (Å²) >= 11 is 0. The number of dihydropyridines is 1. The Morgan fingerprint density at radius 3 is 2.59 bits per heavy atom. The van der Waals surface area contributed by atoms with Crippen molar-refractivity contribution in [3.05, 3.63) is 57.9 Å². The molecule has 1 aromatic rings. The van der Waals surface area contributed by atoms with Crippen LogP contribution < -0.4 is 5.32 Å². The fraction of sp³-hybridized carbons (Fsp3) is 0.455. The van der Waals surface area contributed by atoms with Gasteiger partial charge in [-0.3, -0.25) is 4.79 Å². The first-order valence-electron chi connectivity index (χ1n) is 9.58. The highest BCUT2D eigenvalue weighted by atomic mass is 16.6. The molecule has 1 N–H and O–H groups in total. The number of hydrogen-bond acceptors (Lipinski definition) is 5. The highest BCUT2D eigenvalue weighted by Crippen LogP contribution is 2.42. The van der Waals surface area contributed by atoms with Crippen molar-refractivity contribution < 1.29 is 19.1 Å². The van der Waals surface area contributed by atoms with E-state index in [4.69, 9.17) is 9.47 Å². The highest BCUT2D eigenvalue weighted by molar-refractivity contribution is 6.03. The van der Waals surface area contributed by atoms with Gasteiger partial charge in [0.1, 0.15) is 6.61 Å². The van der Waals surface area contributed by atoms with Crippen LogP contribution in [0.3, 0.4) is 0 Å². The van der Waals surface area contributed by atoms with Crippen molar-refractivity contribution in [3.8, 4) is 0 Å². The van der Waals surface area contributed by atoms with Gasteiger partial charge in [-0.2, -0.15) is 0 Å². The van der Waals surface area contributed by atoms with Crippen molar-refractivity contribution in [1.29, 1.82) is 0 Å². The molecule has 3 rings (SSSR count). The molecule has 1 aliphatic heterocycles. The third-order valence-corrected chi connectivity index (χ3v) is 5.07. The Bertz CT molecular complexity index is 789. The maximum atomic E-state index is 12.9. The number of nitrogens with one attached hydrogen (secondary N) is 1. The van der Waals surface area contributed by atoms with Crippen LogP contribution in [0.1, 0.15) is 50.2 Å². The second-order valence-electron chi connectivity index (χ2n) is 7.01. The molecule has 0 bridgehead atoms. The van der Waals surface area contributed by atoms with Crippen LogP contribution in [0.5, 0.6) is 0 Å². The Hall–Kier alpha value is -2.40. The number of carbonyl (C=O) groups excluding carboxylic acids is 2. The monoisotopic (exact) mass is 369 g/mol. The van der Waals surface area contributed by atoms with E-state index < -0.39 is 5.97 Å². The molecular formula is C22H27NO4. The first-order chi connectivity index (χ1) is 13.0. The van der Waals surface area contributed by atoms with Gasteiger partial charge < -0.3 is 14.8 Å². The summed E-state index contributed by atoms with van der Waals surface area (Å²) in [6.45, 7) is 6.94. The molecule has 1 aliphatic carbocycles. The van der Waals surface area contributed by atoms with Crippen LogP contribution in [0.15, 0.2) is 46.8 Å². The smallest absolute Gasteiger partial charge is 0.336 e. The van der Waals surface area contributed by atoms with Gasteiger partial charge in [0.2, 0.25) is 0 Å². The quantitative estimate of drug-likeness (QED) is 0.614. The molecule has 0 amide bonds. The molecule has 5 nitrogen and oxygen atoms in total. The van der Waals surface area contributed by atoms with Gasteiger partial charge in [0.05, 0.1) is 12.2 Å². The summed E-state index contributed by atoms with van der Waals surface area (Å²) in [5.74, 6) is -0.661. The molecule has 0 radical (unpaired) electrons. The van der Waals surface area contributed by atoms with E-state index in [0.717, 1.165) is 35.4 Å². The van der Waals surface area contributed by atoms with Crippen LogP contribution in [-0.2, 0) is 19.1 Å². The lowest BCUT2D eigenvalue weighted by Gasteiger charge is -2.34. The lowest BCUT2D eigenvalue weighted by molar-refractivity contribution is -0.140. The Labute approximate surface area is 160 Å². The van der Waals surface area contributed by atoms with Crippen molar-refractivity contribution in [2.45, 2.75) is 46.0 Å². The Morgan fingerprint density at radius 1 is 1.15 bits per heavy atom. The minimum absolute atomic E-state index is 0.112. The average molecular weight is 369 g/mol. The summed E-state index contributed by atoms with van der Waals surface area (Å²) in [5, 5.41) is 3.30. The number of hydrogen-bond donors (Lipinski definition) is 1. The van der Waals surface area contributed by atoms with E-state index in [0.29, 0.717) is 30.8 Å². The molecule has 1 aromatic carbocycles. The number of ether oxygens (including phenoxy) is 2. The van der Waals surface area contributed by atoms with E-state index in [2.05, 4.69) is 5.32 Å². The fourth-order valence-corrected chi connectivity index (χ4v) is 3.76. The summed E-state index contributed by atoms with van der Waals surface area (Å²) in [4.78, 5) is 25.7. The van der Waals surface area contributed by atoms with Gasteiger partial charge in [-0.1, -0.05) is 29.8 Å². The van der Waals surface area contributed by atoms with Gasteiger partial charge in [-0.05, 0) is 39.2 Å². The number of rotatable bonds is 6. The molecule has 5 heteroatoms. The second-order valence-corrected chi connectivity index (χ2v) is 7.01. The van der Waals surface area contributed by atoms with Crippen LogP contribution in [0, 0.1) is 6.92 Å². The van der Waals surface area contributed by atoms with E-state index in [9.17, 15) is 9.59 Å². The van der Waals surface area contributed by atoms with E-state index in [1.807, 2.05) is 45.0 Å². The standard InChI is InChI=1S/C22H27NO4/c1-4-26-12-13-27-22(25)19-15(3)23-17-6-5-7-18(24)21(17)20(19)16-10-8-14(2)9-11-16/h8-11,20,23H,4-7,12-13H2,1-3H3. The molecule has 2 aliphatic rings. The van der Waals surface area contributed by atoms with Gasteiger partial charge >= 0.3 is 5.97 Å². The maximum Gasteiger partial charge on any atom is 0.336 e. The SMILES string of the molecule is CCOCCOC(=O)C1=C(C)NC2=C(C(=O)CCC2)C1c1ccc(C)cc1. The minimum Gasteiger partial charge on any atom is -0.460 e. The van der Waals surface area contributed by atoms with Crippen molar-refractivity contribution in [3.63, 3.8) is 0 Å². The number of carbonyl (C=O) groups is 2. The zero-order valence-electron chi connectivity index (χ0n) is 16.3. The lowest BCUT2D eigenvalue weighted by Crippen LogP contribution is -2.34. The molecule has 0 aromatic heterocycles. The van der Waals surface area contributed by atoms with Crippen molar-refractivity contribution in [2.24, 2.45) is 0 Å². The lowest BCUT2D eigenvalue weighted by atomic mass is 9.75. The summed E-state index contributed by atoms with van der Waals surface area (Å²) in [6.07, 6.45) is 2.19. The largest absolute Gasteiger partial charge is 0.460 e. The van der Waals surface area contributed by atoms with Gasteiger partial charge in [-0.25, -0.2) is 4.79 Å². The molecule has 0 saturated carbocycles. The van der Waals surface area contributed by atoms with E-state index >= 15 is 0 Å². The van der Waals surface area contributed by atoms with Gasteiger partial charge in [-0.15, -0.1) is 0 Å². The Balaban J connectivity index is 1.97. The van der Waals surface area contributed by atoms with Crippen LogP contribution in [-0.4, -0.2) is 31.6 Å². The maximum absolute atomic E-state index is 12.9. The van der Waals surface area contributed by atoms with Crippen LogP contribution in [0.4, 0.5) is 0 Å². The predicted octanol–water partition coefficient (Wildman–Crippen LogP) is 3.54. The minimum atomic E-state index is -0.393. The van der Waals surface area contributed by atoms with Gasteiger partial charge in [0.15, 0.2) is 5.78 Å². The zero-order chi connectivity index (χ0) is 19.4. The van der Waals surface area contributed by atoms with Crippen molar-refractivity contribution in [2.75, 3.05) is 19.8 Å². The average Bonchev–Trinajstić information content (AvgIpc) is 2.65. The van der Waals surface area contributed by atoms with Crippen molar-refractivity contribution in [1.82, 2.24) is 5.32 Å². The molecule has 1 atom stereocenters. The predicted molar refractivity (Wildman–Crippen MR) is 103 cm³/mol. The third-order valence-electron chi connectivity index (χ3n) is 5.07. The molecule has 27 heavy (non-hydrogen) atoms. The molecule has 144 valence electrons. The first-order valence-corrected chi connectivity index (χ1v) is 9.58. The number of Topliss-reactive ketones (excluding diaryl/α,β-unsaturated/α-hetero) is 1. The summed E-state index contributed by atoms with van der Waals surface area (Å²) in [5.41, 5.74) is 5.02. The number of aryl methyl sites for hydroxylation is 1. The number of ketones is 1. The van der Waals surface area contributed by atoms with Crippen LogP contribution in [0.2, 0.25) is 0 Å². The van der Waals surface area contributed by atoms with Gasteiger partial charge in [0.25, 0.3) is 0 Å². The Kier molecular flexibility index (Phi) is 6.11. The first kappa shape index (κ1) is 19.4. The summed E-state index contributed by atoms with van der Waals surface area (Å²) < 4.78 is 10.7. The number of esters is 1. The zero-order valence-corrected chi connectivity index (χ0v) is 16.3. The topological polar surface area (TPSA) is 64.6 Å². The van der Waals surface area contributed by atoms with Gasteiger partial charge in [0, 0.05) is 35.9 Å². The number of allylic oxidation sites excluding steroid dienone is 3. The summed E-state index contributed by atoms with van der Waals surface area (Å²) in [6, 6.07) is 8.02. The van der Waals surface area contributed by atoms with Crippen LogP contribution >= 0.6 is 0 Å². The molecular weight excluding hydrogens is 342 g/mol. The third kappa shape index (κ3) is 4.14. The molecule has 1 heterocycles. The van der Waals surface area contributed by atoms with Crippen molar-refractivity contribution >= 4 is 11.8 Å². The normalized spacial score (nSPS) is 19.7. The molecule has 0 spiro atoms. The second kappa shape index (κ2) is 8.53. The Morgan fingerprint density at radius 2 is 1.89 bits per heavy atom. The molecule has 1 unspecified atom stereocenters. The molecule has 0 saturated heterocycles. The summed E-state index contributed by atoms with van der Waals surface area (Å²) in [7, 11) is 0. The van der Waals surface area contributed by atoms with E-state index in [1.54, 1.807) is 0 Å². The van der Waals surface area contributed by atoms with E-state index in [1.165, 1.54) is 0 Å². The highest BCUT2D eigenvalue weighted by Gasteiger charge is 2.38. The molecule has 0 fully saturated rings. The number of benzene rings is 1.